The molecule has 3 rings (SSSR count). The Morgan fingerprint density at radius 3 is 2.52 bits per heavy atom. The van der Waals surface area contributed by atoms with E-state index in [1.165, 1.54) is 25.4 Å². The summed E-state index contributed by atoms with van der Waals surface area (Å²) in [7, 11) is 3.08. The number of ether oxygens (including phenoxy) is 2. The monoisotopic (exact) mass is 383 g/mol. The van der Waals surface area contributed by atoms with E-state index >= 15 is 0 Å². The summed E-state index contributed by atoms with van der Waals surface area (Å²) in [5.74, 6) is 0.575. The molecule has 0 aliphatic heterocycles. The Morgan fingerprint density at radius 2 is 1.85 bits per heavy atom. The molecule has 0 amide bonds. The summed E-state index contributed by atoms with van der Waals surface area (Å²) in [5, 5.41) is 12.7. The van der Waals surface area contributed by atoms with Gasteiger partial charge in [-0.15, -0.1) is 0 Å². The average Bonchev–Trinajstić information content (AvgIpc) is 2.69. The van der Waals surface area contributed by atoms with Crippen LogP contribution in [0.2, 0.25) is 5.02 Å². The van der Waals surface area contributed by atoms with E-state index in [1.807, 2.05) is 6.07 Å². The lowest BCUT2D eigenvalue weighted by molar-refractivity contribution is 0.355. The van der Waals surface area contributed by atoms with E-state index in [4.69, 9.17) is 21.1 Å². The SMILES string of the molecule is COc1ccc(-c2cncc(C#N)c2Nc2ccc(Cl)cc2F)cc1OC. The van der Waals surface area contributed by atoms with E-state index in [9.17, 15) is 9.65 Å². The van der Waals surface area contributed by atoms with Crippen LogP contribution in [0.5, 0.6) is 11.5 Å². The molecule has 0 radical (unpaired) electrons. The minimum absolute atomic E-state index is 0.198. The second-order valence-corrected chi connectivity index (χ2v) is 5.98. The second kappa shape index (κ2) is 7.94. The zero-order valence-corrected chi connectivity index (χ0v) is 15.3. The molecule has 1 aromatic heterocycles. The summed E-state index contributed by atoms with van der Waals surface area (Å²) in [6.45, 7) is 0. The molecule has 5 nitrogen and oxygen atoms in total. The molecule has 2 aromatic carbocycles. The number of pyridine rings is 1. The number of benzene rings is 2. The standard InChI is InChI=1S/C20H15ClFN3O2/c1-26-18-6-3-12(7-19(18)27-2)15-11-24-10-13(9-23)20(15)25-17-5-4-14(21)8-16(17)22/h3-8,10-11H,1-2H3,(H,24,25). The maximum absolute atomic E-state index is 14.2. The summed E-state index contributed by atoms with van der Waals surface area (Å²) < 4.78 is 24.8. The lowest BCUT2D eigenvalue weighted by Crippen LogP contribution is -2.00. The van der Waals surface area contributed by atoms with Crippen LogP contribution in [0.4, 0.5) is 15.8 Å². The highest BCUT2D eigenvalue weighted by Crippen LogP contribution is 2.37. The maximum atomic E-state index is 14.2. The first-order valence-corrected chi connectivity index (χ1v) is 8.27. The fourth-order valence-corrected chi connectivity index (χ4v) is 2.79. The van der Waals surface area contributed by atoms with Gasteiger partial charge in [-0.1, -0.05) is 17.7 Å². The molecular weight excluding hydrogens is 369 g/mol. The van der Waals surface area contributed by atoms with Crippen molar-refractivity contribution in [1.82, 2.24) is 4.98 Å². The Bertz CT molecular complexity index is 1030. The van der Waals surface area contributed by atoms with E-state index in [2.05, 4.69) is 16.4 Å². The van der Waals surface area contributed by atoms with E-state index in [0.717, 1.165) is 5.56 Å². The van der Waals surface area contributed by atoms with Crippen molar-refractivity contribution in [2.45, 2.75) is 0 Å². The van der Waals surface area contributed by atoms with Crippen LogP contribution in [0, 0.1) is 17.1 Å². The first-order valence-electron chi connectivity index (χ1n) is 7.90. The first-order chi connectivity index (χ1) is 13.1. The van der Waals surface area contributed by atoms with Crippen LogP contribution < -0.4 is 14.8 Å². The van der Waals surface area contributed by atoms with Crippen molar-refractivity contribution < 1.29 is 13.9 Å². The number of nitriles is 1. The van der Waals surface area contributed by atoms with Crippen molar-refractivity contribution in [2.75, 3.05) is 19.5 Å². The van der Waals surface area contributed by atoms with Crippen LogP contribution in [0.25, 0.3) is 11.1 Å². The van der Waals surface area contributed by atoms with Gasteiger partial charge in [-0.2, -0.15) is 5.26 Å². The molecule has 0 saturated carbocycles. The lowest BCUT2D eigenvalue weighted by Gasteiger charge is -2.15. The number of hydrogen-bond donors (Lipinski definition) is 1. The molecular formula is C20H15ClFN3O2. The molecule has 0 saturated heterocycles. The van der Waals surface area contributed by atoms with Gasteiger partial charge in [-0.3, -0.25) is 4.98 Å². The Hall–Kier alpha value is -3.30. The van der Waals surface area contributed by atoms with Gasteiger partial charge in [0.2, 0.25) is 0 Å². The minimum Gasteiger partial charge on any atom is -0.493 e. The summed E-state index contributed by atoms with van der Waals surface area (Å²) in [4.78, 5) is 4.12. The van der Waals surface area contributed by atoms with Crippen molar-refractivity contribution in [3.05, 3.63) is 65.2 Å². The highest BCUT2D eigenvalue weighted by molar-refractivity contribution is 6.30. The van der Waals surface area contributed by atoms with Crippen LogP contribution in [-0.2, 0) is 0 Å². The molecule has 136 valence electrons. The summed E-state index contributed by atoms with van der Waals surface area (Å²) >= 11 is 5.81. The van der Waals surface area contributed by atoms with Gasteiger partial charge in [0.15, 0.2) is 11.5 Å². The predicted octanol–water partition coefficient (Wildman–Crippen LogP) is 5.17. The fourth-order valence-electron chi connectivity index (χ4n) is 2.63. The Balaban J connectivity index is 2.13. The highest BCUT2D eigenvalue weighted by atomic mass is 35.5. The molecule has 0 spiro atoms. The first kappa shape index (κ1) is 18.5. The van der Waals surface area contributed by atoms with E-state index in [0.29, 0.717) is 22.7 Å². The van der Waals surface area contributed by atoms with Crippen molar-refractivity contribution in [1.29, 1.82) is 5.26 Å². The van der Waals surface area contributed by atoms with E-state index < -0.39 is 5.82 Å². The highest BCUT2D eigenvalue weighted by Gasteiger charge is 2.15. The van der Waals surface area contributed by atoms with Crippen LogP contribution in [0.15, 0.2) is 48.8 Å². The molecule has 7 heteroatoms. The third kappa shape index (κ3) is 3.78. The Labute approximate surface area is 160 Å². The fraction of sp³-hybridized carbons (Fsp3) is 0.100. The molecule has 0 bridgehead atoms. The number of methoxy groups -OCH3 is 2. The topological polar surface area (TPSA) is 67.2 Å². The zero-order chi connectivity index (χ0) is 19.4. The van der Waals surface area contributed by atoms with Gasteiger partial charge in [-0.25, -0.2) is 4.39 Å². The largest absolute Gasteiger partial charge is 0.493 e. The van der Waals surface area contributed by atoms with Crippen LogP contribution in [0.1, 0.15) is 5.56 Å². The maximum Gasteiger partial charge on any atom is 0.161 e. The molecule has 0 unspecified atom stereocenters. The number of nitrogens with zero attached hydrogens (tertiary/aromatic N) is 2. The lowest BCUT2D eigenvalue weighted by atomic mass is 10.0. The van der Waals surface area contributed by atoms with Gasteiger partial charge in [0.05, 0.1) is 31.2 Å². The third-order valence-electron chi connectivity index (χ3n) is 3.95. The van der Waals surface area contributed by atoms with Crippen molar-refractivity contribution >= 4 is 23.0 Å². The molecule has 3 aromatic rings. The van der Waals surface area contributed by atoms with Crippen LogP contribution in [0.3, 0.4) is 0 Å². The van der Waals surface area contributed by atoms with Crippen molar-refractivity contribution in [3.63, 3.8) is 0 Å². The number of rotatable bonds is 5. The number of hydrogen-bond acceptors (Lipinski definition) is 5. The third-order valence-corrected chi connectivity index (χ3v) is 4.19. The molecule has 0 aliphatic rings. The van der Waals surface area contributed by atoms with Gasteiger partial charge in [0.1, 0.15) is 11.9 Å². The van der Waals surface area contributed by atoms with Crippen molar-refractivity contribution in [3.8, 4) is 28.7 Å². The molecule has 1 heterocycles. The Kier molecular flexibility index (Phi) is 5.43. The van der Waals surface area contributed by atoms with Crippen LogP contribution >= 0.6 is 11.6 Å². The second-order valence-electron chi connectivity index (χ2n) is 5.54. The number of anilines is 2. The van der Waals surface area contributed by atoms with Gasteiger partial charge < -0.3 is 14.8 Å². The summed E-state index contributed by atoms with van der Waals surface area (Å²) in [6.07, 6.45) is 3.01. The molecule has 0 aliphatic carbocycles. The normalized spacial score (nSPS) is 10.2. The summed E-state index contributed by atoms with van der Waals surface area (Å²) in [6, 6.07) is 11.7. The Morgan fingerprint density at radius 1 is 1.07 bits per heavy atom. The molecule has 0 fully saturated rings. The molecule has 1 N–H and O–H groups in total. The average molecular weight is 384 g/mol. The number of halogens is 2. The van der Waals surface area contributed by atoms with E-state index in [1.54, 1.807) is 31.5 Å². The van der Waals surface area contributed by atoms with E-state index in [-0.39, 0.29) is 16.3 Å². The predicted molar refractivity (Wildman–Crippen MR) is 102 cm³/mol. The van der Waals surface area contributed by atoms with Gasteiger partial charge >= 0.3 is 0 Å². The van der Waals surface area contributed by atoms with Gasteiger partial charge in [-0.05, 0) is 35.9 Å². The number of nitrogens with one attached hydrogen (secondary N) is 1. The number of aromatic nitrogens is 1. The van der Waals surface area contributed by atoms with Crippen LogP contribution in [-0.4, -0.2) is 19.2 Å². The smallest absolute Gasteiger partial charge is 0.161 e. The molecule has 0 atom stereocenters. The van der Waals surface area contributed by atoms with Gasteiger partial charge in [0.25, 0.3) is 0 Å². The summed E-state index contributed by atoms with van der Waals surface area (Å²) in [5.41, 5.74) is 2.25. The quantitative estimate of drug-likeness (QED) is 0.658. The van der Waals surface area contributed by atoms with Crippen molar-refractivity contribution in [2.24, 2.45) is 0 Å². The zero-order valence-electron chi connectivity index (χ0n) is 14.6. The van der Waals surface area contributed by atoms with Gasteiger partial charge in [0, 0.05) is 23.0 Å². The molecule has 27 heavy (non-hydrogen) atoms. The minimum atomic E-state index is -0.526.